The molecule has 2 aromatic carbocycles. The van der Waals surface area contributed by atoms with Gasteiger partial charge in [0.1, 0.15) is 22.3 Å². The quantitative estimate of drug-likeness (QED) is 0.339. The molecule has 4 N–H and O–H groups in total. The maximum Gasteiger partial charge on any atom is 0.268 e. The molecular formula is C28H31N5O4S. The largest absolute Gasteiger partial charge is 0.508 e. The van der Waals surface area contributed by atoms with Crippen LogP contribution in [-0.4, -0.2) is 41.5 Å². The fourth-order valence-corrected chi connectivity index (χ4v) is 6.26. The minimum atomic E-state index is -4.26. The van der Waals surface area contributed by atoms with Gasteiger partial charge in [0, 0.05) is 25.3 Å². The van der Waals surface area contributed by atoms with Crippen LogP contribution < -0.4 is 15.4 Å². The summed E-state index contributed by atoms with van der Waals surface area (Å²) in [7, 11) is -4.26. The van der Waals surface area contributed by atoms with Crippen LogP contribution >= 0.6 is 0 Å². The highest BCUT2D eigenvalue weighted by Crippen LogP contribution is 2.38. The lowest BCUT2D eigenvalue weighted by atomic mass is 9.97. The predicted octanol–water partition coefficient (Wildman–Crippen LogP) is 4.57. The van der Waals surface area contributed by atoms with Gasteiger partial charge in [-0.1, -0.05) is 25.1 Å². The molecule has 1 saturated heterocycles. The number of nitrogens with two attached hydrogens (primary N) is 1. The smallest absolute Gasteiger partial charge is 0.268 e. The number of phenols is 1. The number of sulfonamides is 1. The fourth-order valence-electron chi connectivity index (χ4n) is 5.21. The highest BCUT2D eigenvalue weighted by molar-refractivity contribution is 7.90. The summed E-state index contributed by atoms with van der Waals surface area (Å²) in [6.45, 7) is 6.98. The fraction of sp³-hybridized carbons (Fsp3) is 0.250. The second-order valence-corrected chi connectivity index (χ2v) is 12.0. The number of fused-ring (bicyclic) bond motifs is 1. The monoisotopic (exact) mass is 533 g/mol. The first kappa shape index (κ1) is 25.5. The van der Waals surface area contributed by atoms with Crippen molar-refractivity contribution in [2.24, 2.45) is 5.92 Å². The summed E-state index contributed by atoms with van der Waals surface area (Å²) in [6, 6.07) is 17.0. The maximum absolute atomic E-state index is 13.4. The number of pyridine rings is 2. The molecule has 198 valence electrons. The number of nitrogens with zero attached hydrogens (tertiary/aromatic N) is 3. The molecule has 1 aliphatic rings. The second kappa shape index (κ2) is 9.29. The number of carbonyl (C=O) groups excluding carboxylic acids is 1. The maximum atomic E-state index is 13.4. The SMILES string of the molecule is C[C@@H]1CN(c2nc(-c3ccc4cc(O)ccc4c3)ccc2C(=O)NS(=O)(=O)c2cccnc2N)C(C)(C)C1.[HH]. The van der Waals surface area contributed by atoms with Gasteiger partial charge in [0.25, 0.3) is 15.9 Å². The molecule has 0 radical (unpaired) electrons. The van der Waals surface area contributed by atoms with E-state index in [1.165, 1.54) is 18.3 Å². The third-order valence-electron chi connectivity index (χ3n) is 6.88. The zero-order valence-corrected chi connectivity index (χ0v) is 22.2. The van der Waals surface area contributed by atoms with Crippen molar-refractivity contribution in [2.75, 3.05) is 17.2 Å². The molecule has 5 rings (SSSR count). The Balaban J connectivity index is 0.00000353. The first-order chi connectivity index (χ1) is 17.9. The molecule has 1 atom stereocenters. The van der Waals surface area contributed by atoms with Crippen molar-refractivity contribution >= 4 is 38.3 Å². The number of hydrogen-bond acceptors (Lipinski definition) is 8. The number of aromatic hydroxyl groups is 1. The average molecular weight is 534 g/mol. The number of rotatable bonds is 5. The molecular weight excluding hydrogens is 502 g/mol. The number of phenolic OH excluding ortho intramolecular Hbond substituents is 1. The summed E-state index contributed by atoms with van der Waals surface area (Å²) in [5.41, 5.74) is 7.08. The van der Waals surface area contributed by atoms with E-state index in [0.717, 1.165) is 22.8 Å². The van der Waals surface area contributed by atoms with Crippen molar-refractivity contribution in [1.82, 2.24) is 14.7 Å². The van der Waals surface area contributed by atoms with Gasteiger partial charge in [-0.2, -0.15) is 0 Å². The van der Waals surface area contributed by atoms with E-state index in [-0.39, 0.29) is 29.0 Å². The van der Waals surface area contributed by atoms with Gasteiger partial charge in [-0.3, -0.25) is 4.79 Å². The lowest BCUT2D eigenvalue weighted by Crippen LogP contribution is -2.41. The van der Waals surface area contributed by atoms with Crippen molar-refractivity contribution < 1.29 is 19.7 Å². The lowest BCUT2D eigenvalue weighted by molar-refractivity contribution is 0.0981. The summed E-state index contributed by atoms with van der Waals surface area (Å²) in [6.07, 6.45) is 2.27. The molecule has 2 aromatic heterocycles. The van der Waals surface area contributed by atoms with Crippen molar-refractivity contribution in [1.29, 1.82) is 0 Å². The molecule has 0 saturated carbocycles. The first-order valence-corrected chi connectivity index (χ1v) is 13.7. The van der Waals surface area contributed by atoms with Crippen LogP contribution in [0.1, 0.15) is 39.0 Å². The van der Waals surface area contributed by atoms with Gasteiger partial charge in [0.2, 0.25) is 0 Å². The standard InChI is InChI=1S/C28H29N5O4S.H2/c1-17-15-28(2,3)33(16-17)26-22(27(35)32-38(36,37)24-5-4-12-30-25(24)29)10-11-23(31-26)20-7-6-19-14-21(34)9-8-18(19)13-20;/h4-14,17,34H,15-16H2,1-3H3,(H2,29,30)(H,32,35);1H/t17-;/m0./s1. The van der Waals surface area contributed by atoms with Crippen LogP contribution in [0.3, 0.4) is 0 Å². The number of anilines is 2. The van der Waals surface area contributed by atoms with E-state index in [2.05, 4.69) is 35.4 Å². The van der Waals surface area contributed by atoms with E-state index in [1.54, 1.807) is 24.3 Å². The van der Waals surface area contributed by atoms with E-state index in [4.69, 9.17) is 10.7 Å². The Bertz CT molecular complexity index is 1680. The topological polar surface area (TPSA) is 139 Å². The molecule has 0 bridgehead atoms. The van der Waals surface area contributed by atoms with E-state index in [0.29, 0.717) is 24.0 Å². The summed E-state index contributed by atoms with van der Waals surface area (Å²) in [5, 5.41) is 11.6. The van der Waals surface area contributed by atoms with Crippen molar-refractivity contribution in [3.63, 3.8) is 0 Å². The molecule has 3 heterocycles. The third-order valence-corrected chi connectivity index (χ3v) is 8.26. The molecule has 1 amide bonds. The number of nitrogen functional groups attached to an aromatic ring is 1. The van der Waals surface area contributed by atoms with E-state index in [1.807, 2.05) is 24.3 Å². The summed E-state index contributed by atoms with van der Waals surface area (Å²) >= 11 is 0. The molecule has 1 fully saturated rings. The Morgan fingerprint density at radius 1 is 1.13 bits per heavy atom. The number of hydrogen-bond donors (Lipinski definition) is 3. The van der Waals surface area contributed by atoms with E-state index >= 15 is 0 Å². The summed E-state index contributed by atoms with van der Waals surface area (Å²) < 4.78 is 28.1. The van der Waals surface area contributed by atoms with Crippen LogP contribution in [-0.2, 0) is 10.0 Å². The Morgan fingerprint density at radius 3 is 2.58 bits per heavy atom. The number of carbonyl (C=O) groups is 1. The Morgan fingerprint density at radius 2 is 1.87 bits per heavy atom. The number of benzene rings is 2. The predicted molar refractivity (Wildman–Crippen MR) is 149 cm³/mol. The van der Waals surface area contributed by atoms with Gasteiger partial charge in [-0.15, -0.1) is 0 Å². The van der Waals surface area contributed by atoms with E-state index < -0.39 is 15.9 Å². The Kier molecular flexibility index (Phi) is 6.22. The molecule has 1 aliphatic heterocycles. The van der Waals surface area contributed by atoms with Crippen LogP contribution in [0, 0.1) is 5.92 Å². The summed E-state index contributed by atoms with van der Waals surface area (Å²) in [5.74, 6) is -0.0326. The highest BCUT2D eigenvalue weighted by Gasteiger charge is 2.39. The van der Waals surface area contributed by atoms with Gasteiger partial charge in [-0.05, 0) is 79.4 Å². The van der Waals surface area contributed by atoms with Crippen molar-refractivity contribution in [2.45, 2.75) is 37.6 Å². The number of aromatic nitrogens is 2. The lowest BCUT2D eigenvalue weighted by Gasteiger charge is -2.34. The molecule has 38 heavy (non-hydrogen) atoms. The summed E-state index contributed by atoms with van der Waals surface area (Å²) in [4.78, 5) is 24.0. The zero-order valence-electron chi connectivity index (χ0n) is 21.3. The van der Waals surface area contributed by atoms with Gasteiger partial charge in [-0.25, -0.2) is 23.1 Å². The average Bonchev–Trinajstić information content (AvgIpc) is 3.14. The van der Waals surface area contributed by atoms with Gasteiger partial charge >= 0.3 is 0 Å². The molecule has 0 aliphatic carbocycles. The molecule has 0 spiro atoms. The van der Waals surface area contributed by atoms with Gasteiger partial charge in [0.15, 0.2) is 0 Å². The normalized spacial score (nSPS) is 17.0. The molecule has 9 nitrogen and oxygen atoms in total. The highest BCUT2D eigenvalue weighted by atomic mass is 32.2. The van der Waals surface area contributed by atoms with Crippen molar-refractivity contribution in [3.05, 3.63) is 72.4 Å². The minimum absolute atomic E-state index is 0. The van der Waals surface area contributed by atoms with Gasteiger partial charge < -0.3 is 15.7 Å². The molecule has 0 unspecified atom stereocenters. The van der Waals surface area contributed by atoms with Crippen LogP contribution in [0.5, 0.6) is 5.75 Å². The zero-order chi connectivity index (χ0) is 27.2. The molecule has 10 heteroatoms. The number of amides is 1. The second-order valence-electron chi connectivity index (χ2n) is 10.4. The van der Waals surface area contributed by atoms with Crippen LogP contribution in [0.15, 0.2) is 71.8 Å². The molecule has 4 aromatic rings. The third kappa shape index (κ3) is 4.74. The van der Waals surface area contributed by atoms with E-state index in [9.17, 15) is 18.3 Å². The number of nitrogens with one attached hydrogen (secondary N) is 1. The van der Waals surface area contributed by atoms with Crippen LogP contribution in [0.2, 0.25) is 0 Å². The first-order valence-electron chi connectivity index (χ1n) is 12.2. The minimum Gasteiger partial charge on any atom is -0.508 e. The van der Waals surface area contributed by atoms with Crippen LogP contribution in [0.25, 0.3) is 22.0 Å². The van der Waals surface area contributed by atoms with Crippen LogP contribution in [0.4, 0.5) is 11.6 Å². The van der Waals surface area contributed by atoms with Crippen molar-refractivity contribution in [3.8, 4) is 17.0 Å². The Hall–Kier alpha value is -4.18. The van der Waals surface area contributed by atoms with Gasteiger partial charge in [0.05, 0.1) is 11.3 Å². The Labute approximate surface area is 222 Å².